The van der Waals surface area contributed by atoms with Crippen molar-refractivity contribution in [2.24, 2.45) is 0 Å². The zero-order valence-corrected chi connectivity index (χ0v) is 8.70. The lowest BCUT2D eigenvalue weighted by Gasteiger charge is -2.13. The number of nitrogens with zero attached hydrogens (tertiary/aromatic N) is 1. The summed E-state index contributed by atoms with van der Waals surface area (Å²) in [6, 6.07) is 9.38. The molecule has 1 aromatic carbocycles. The fraction of sp³-hybridized carbons (Fsp3) is 0.364. The van der Waals surface area contributed by atoms with E-state index in [1.807, 2.05) is 30.3 Å². The SMILES string of the molecule is O=C(OCc1ccccc1)N1C[C@H](O)CO1. The summed E-state index contributed by atoms with van der Waals surface area (Å²) in [7, 11) is 0. The van der Waals surface area contributed by atoms with Crippen LogP contribution in [-0.4, -0.2) is 35.5 Å². The molecule has 5 nitrogen and oxygen atoms in total. The first-order valence-electron chi connectivity index (χ1n) is 5.05. The molecule has 0 unspecified atom stereocenters. The number of ether oxygens (including phenoxy) is 1. The van der Waals surface area contributed by atoms with E-state index < -0.39 is 12.2 Å². The first kappa shape index (κ1) is 10.9. The van der Waals surface area contributed by atoms with Crippen molar-refractivity contribution in [1.29, 1.82) is 0 Å². The van der Waals surface area contributed by atoms with Crippen LogP contribution in [0.25, 0.3) is 0 Å². The lowest BCUT2D eigenvalue weighted by Crippen LogP contribution is -2.28. The molecule has 0 aromatic heterocycles. The maximum atomic E-state index is 11.4. The average molecular weight is 223 g/mol. The zero-order chi connectivity index (χ0) is 11.4. The summed E-state index contributed by atoms with van der Waals surface area (Å²) >= 11 is 0. The summed E-state index contributed by atoms with van der Waals surface area (Å²) in [5.74, 6) is 0. The Morgan fingerprint density at radius 3 is 2.88 bits per heavy atom. The second-order valence-corrected chi connectivity index (χ2v) is 3.55. The van der Waals surface area contributed by atoms with Gasteiger partial charge in [-0.25, -0.2) is 4.79 Å². The predicted octanol–water partition coefficient (Wildman–Crippen LogP) is 0.931. The lowest BCUT2D eigenvalue weighted by molar-refractivity contribution is -0.0936. The summed E-state index contributed by atoms with van der Waals surface area (Å²) in [5.41, 5.74) is 0.913. The van der Waals surface area contributed by atoms with Gasteiger partial charge in [-0.05, 0) is 5.56 Å². The Balaban J connectivity index is 1.80. The Hall–Kier alpha value is -1.59. The summed E-state index contributed by atoms with van der Waals surface area (Å²) in [6.45, 7) is 0.504. The number of amides is 1. The molecule has 1 aliphatic heterocycles. The quantitative estimate of drug-likeness (QED) is 0.810. The molecule has 1 atom stereocenters. The van der Waals surface area contributed by atoms with Gasteiger partial charge in [0.15, 0.2) is 0 Å². The van der Waals surface area contributed by atoms with Gasteiger partial charge in [0, 0.05) is 0 Å². The second-order valence-electron chi connectivity index (χ2n) is 3.55. The maximum Gasteiger partial charge on any atom is 0.434 e. The van der Waals surface area contributed by atoms with Crippen molar-refractivity contribution in [2.45, 2.75) is 12.7 Å². The second kappa shape index (κ2) is 4.96. The Bertz CT molecular complexity index is 354. The highest BCUT2D eigenvalue weighted by molar-refractivity contribution is 5.66. The maximum absolute atomic E-state index is 11.4. The Morgan fingerprint density at radius 2 is 2.25 bits per heavy atom. The van der Waals surface area contributed by atoms with Crippen LogP contribution < -0.4 is 0 Å². The molecule has 2 rings (SSSR count). The van der Waals surface area contributed by atoms with E-state index in [1.165, 1.54) is 0 Å². The number of rotatable bonds is 2. The van der Waals surface area contributed by atoms with Crippen molar-refractivity contribution in [2.75, 3.05) is 13.2 Å². The van der Waals surface area contributed by atoms with E-state index in [2.05, 4.69) is 0 Å². The normalized spacial score (nSPS) is 19.8. The molecule has 1 saturated heterocycles. The van der Waals surface area contributed by atoms with Gasteiger partial charge in [0.25, 0.3) is 0 Å². The number of aliphatic hydroxyl groups excluding tert-OH is 1. The van der Waals surface area contributed by atoms with Crippen molar-refractivity contribution < 1.29 is 19.5 Å². The van der Waals surface area contributed by atoms with Gasteiger partial charge in [-0.15, -0.1) is 0 Å². The Kier molecular flexibility index (Phi) is 3.38. The van der Waals surface area contributed by atoms with Crippen LogP contribution in [0.2, 0.25) is 0 Å². The minimum Gasteiger partial charge on any atom is -0.443 e. The number of benzene rings is 1. The molecule has 1 aromatic rings. The van der Waals surface area contributed by atoms with E-state index >= 15 is 0 Å². The minimum absolute atomic E-state index is 0.139. The molecule has 16 heavy (non-hydrogen) atoms. The molecule has 1 N–H and O–H groups in total. The van der Waals surface area contributed by atoms with Crippen LogP contribution in [0.4, 0.5) is 4.79 Å². The van der Waals surface area contributed by atoms with E-state index in [-0.39, 0.29) is 19.8 Å². The van der Waals surface area contributed by atoms with Gasteiger partial charge in [0.05, 0.1) is 6.54 Å². The molecule has 1 amide bonds. The van der Waals surface area contributed by atoms with Crippen molar-refractivity contribution in [1.82, 2.24) is 5.06 Å². The molecule has 86 valence electrons. The first-order chi connectivity index (χ1) is 7.75. The van der Waals surface area contributed by atoms with Crippen LogP contribution in [0, 0.1) is 0 Å². The predicted molar refractivity (Wildman–Crippen MR) is 55.3 cm³/mol. The summed E-state index contributed by atoms with van der Waals surface area (Å²) in [4.78, 5) is 16.4. The smallest absolute Gasteiger partial charge is 0.434 e. The molecule has 0 bridgehead atoms. The summed E-state index contributed by atoms with van der Waals surface area (Å²) in [5, 5.41) is 10.2. The standard InChI is InChI=1S/C11H13NO4/c13-10-6-12(16-8-10)11(14)15-7-9-4-2-1-3-5-9/h1-5,10,13H,6-8H2/t10-/m0/s1. The van der Waals surface area contributed by atoms with Crippen molar-refractivity contribution in [3.05, 3.63) is 35.9 Å². The van der Waals surface area contributed by atoms with Crippen LogP contribution in [-0.2, 0) is 16.2 Å². The molecular formula is C11H13NO4. The van der Waals surface area contributed by atoms with Gasteiger partial charge in [-0.3, -0.25) is 4.84 Å². The molecule has 0 saturated carbocycles. The van der Waals surface area contributed by atoms with Crippen molar-refractivity contribution >= 4 is 6.09 Å². The summed E-state index contributed by atoms with van der Waals surface area (Å²) in [6.07, 6.45) is -1.19. The van der Waals surface area contributed by atoms with E-state index in [0.717, 1.165) is 10.6 Å². The third-order valence-corrected chi connectivity index (χ3v) is 2.21. The number of aliphatic hydroxyl groups is 1. The van der Waals surface area contributed by atoms with Gasteiger partial charge in [-0.1, -0.05) is 30.3 Å². The highest BCUT2D eigenvalue weighted by atomic mass is 16.7. The van der Waals surface area contributed by atoms with Crippen molar-refractivity contribution in [3.63, 3.8) is 0 Å². The van der Waals surface area contributed by atoms with Crippen molar-refractivity contribution in [3.8, 4) is 0 Å². The topological polar surface area (TPSA) is 59.0 Å². The summed E-state index contributed by atoms with van der Waals surface area (Å²) < 4.78 is 5.01. The molecule has 5 heteroatoms. The molecule has 0 radical (unpaired) electrons. The van der Waals surface area contributed by atoms with Gasteiger partial charge >= 0.3 is 6.09 Å². The molecule has 0 spiro atoms. The van der Waals surface area contributed by atoms with E-state index in [1.54, 1.807) is 0 Å². The number of carbonyl (C=O) groups is 1. The molecule has 0 aliphatic carbocycles. The number of carbonyl (C=O) groups excluding carboxylic acids is 1. The van der Waals surface area contributed by atoms with E-state index in [4.69, 9.17) is 14.7 Å². The largest absolute Gasteiger partial charge is 0.443 e. The van der Waals surface area contributed by atoms with Crippen LogP contribution in [0.5, 0.6) is 0 Å². The lowest BCUT2D eigenvalue weighted by atomic mass is 10.2. The fourth-order valence-corrected chi connectivity index (χ4v) is 1.39. The van der Waals surface area contributed by atoms with E-state index in [9.17, 15) is 4.79 Å². The molecule has 1 aliphatic rings. The number of hydroxylamine groups is 2. The van der Waals surface area contributed by atoms with Crippen LogP contribution in [0.3, 0.4) is 0 Å². The van der Waals surface area contributed by atoms with Gasteiger partial charge in [0.1, 0.15) is 19.3 Å². The highest BCUT2D eigenvalue weighted by Crippen LogP contribution is 2.09. The number of hydrogen-bond acceptors (Lipinski definition) is 4. The van der Waals surface area contributed by atoms with E-state index in [0.29, 0.717) is 0 Å². The average Bonchev–Trinajstić information content (AvgIpc) is 2.74. The van der Waals surface area contributed by atoms with Crippen LogP contribution >= 0.6 is 0 Å². The molecule has 1 heterocycles. The number of hydrogen-bond donors (Lipinski definition) is 1. The molecular weight excluding hydrogens is 210 g/mol. The first-order valence-corrected chi connectivity index (χ1v) is 5.05. The zero-order valence-electron chi connectivity index (χ0n) is 8.70. The molecule has 1 fully saturated rings. The monoisotopic (exact) mass is 223 g/mol. The van der Waals surface area contributed by atoms with Gasteiger partial charge in [-0.2, -0.15) is 5.06 Å². The number of β-amino-alcohol motifs (C(OH)–C–C–N with tert-alkyl or cyclic N) is 1. The highest BCUT2D eigenvalue weighted by Gasteiger charge is 2.27. The van der Waals surface area contributed by atoms with Gasteiger partial charge < -0.3 is 9.84 Å². The van der Waals surface area contributed by atoms with Crippen LogP contribution in [0.1, 0.15) is 5.56 Å². The Labute approximate surface area is 93.1 Å². The van der Waals surface area contributed by atoms with Gasteiger partial charge in [0.2, 0.25) is 0 Å². The third kappa shape index (κ3) is 2.71. The van der Waals surface area contributed by atoms with Crippen LogP contribution in [0.15, 0.2) is 30.3 Å². The Morgan fingerprint density at radius 1 is 1.50 bits per heavy atom. The fourth-order valence-electron chi connectivity index (χ4n) is 1.39. The third-order valence-electron chi connectivity index (χ3n) is 2.21. The minimum atomic E-state index is -0.621.